The maximum Gasteiger partial charge on any atom is -0.000248 e. The molecule has 0 spiro atoms. The van der Waals surface area contributed by atoms with Crippen molar-refractivity contribution in [3.05, 3.63) is 35.9 Å². The predicted molar refractivity (Wildman–Crippen MR) is 58.5 cm³/mol. The van der Waals surface area contributed by atoms with Gasteiger partial charge in [-0.3, -0.25) is 0 Å². The van der Waals surface area contributed by atoms with E-state index in [0.29, 0.717) is 5.92 Å². The van der Waals surface area contributed by atoms with E-state index < -0.39 is 0 Å². The Morgan fingerprint density at radius 2 is 1.85 bits per heavy atom. The standard InChI is InChI=1S/C11H15N.ClH/c1-9(11-7-12-8-11)10-5-3-2-4-6-10;/h2-6,9,11-12H,7-8H2,1H3;1H. The molecule has 1 atom stereocenters. The van der Waals surface area contributed by atoms with Crippen molar-refractivity contribution in [2.75, 3.05) is 13.1 Å². The molecule has 0 aromatic heterocycles. The van der Waals surface area contributed by atoms with Crippen LogP contribution in [0.3, 0.4) is 0 Å². The van der Waals surface area contributed by atoms with Crippen molar-refractivity contribution in [3.63, 3.8) is 0 Å². The monoisotopic (exact) mass is 197 g/mol. The third-order valence-electron chi connectivity index (χ3n) is 2.85. The summed E-state index contributed by atoms with van der Waals surface area (Å²) in [6.45, 7) is 4.70. The van der Waals surface area contributed by atoms with Gasteiger partial charge in [-0.05, 0) is 30.5 Å². The van der Waals surface area contributed by atoms with Crippen LogP contribution in [0.1, 0.15) is 18.4 Å². The first-order valence-corrected chi connectivity index (χ1v) is 4.63. The molecule has 2 heteroatoms. The average Bonchev–Trinajstić information content (AvgIpc) is 2.03. The molecule has 0 amide bonds. The van der Waals surface area contributed by atoms with Crippen molar-refractivity contribution in [3.8, 4) is 0 Å². The van der Waals surface area contributed by atoms with E-state index in [1.807, 2.05) is 0 Å². The molecule has 1 aliphatic heterocycles. The summed E-state index contributed by atoms with van der Waals surface area (Å²) in [5.41, 5.74) is 1.48. The second kappa shape index (κ2) is 4.64. The summed E-state index contributed by atoms with van der Waals surface area (Å²) in [5.74, 6) is 1.57. The van der Waals surface area contributed by atoms with Crippen LogP contribution >= 0.6 is 12.4 Å². The SMILES string of the molecule is CC(c1ccccc1)C1CNC1.Cl. The second-order valence-corrected chi connectivity index (χ2v) is 3.62. The van der Waals surface area contributed by atoms with Crippen molar-refractivity contribution in [1.82, 2.24) is 5.32 Å². The van der Waals surface area contributed by atoms with Crippen molar-refractivity contribution in [2.45, 2.75) is 12.8 Å². The lowest BCUT2D eigenvalue weighted by Gasteiger charge is -2.32. The zero-order chi connectivity index (χ0) is 8.39. The fourth-order valence-electron chi connectivity index (χ4n) is 1.69. The highest BCUT2D eigenvalue weighted by Gasteiger charge is 2.23. The molecule has 2 rings (SSSR count). The van der Waals surface area contributed by atoms with Gasteiger partial charge in [-0.25, -0.2) is 0 Å². The van der Waals surface area contributed by atoms with Crippen LogP contribution in [-0.2, 0) is 0 Å². The summed E-state index contributed by atoms with van der Waals surface area (Å²) in [4.78, 5) is 0. The number of rotatable bonds is 2. The van der Waals surface area contributed by atoms with Crippen LogP contribution in [0.2, 0.25) is 0 Å². The summed E-state index contributed by atoms with van der Waals surface area (Å²) in [7, 11) is 0. The lowest BCUT2D eigenvalue weighted by Crippen LogP contribution is -2.44. The second-order valence-electron chi connectivity index (χ2n) is 3.62. The molecule has 72 valence electrons. The largest absolute Gasteiger partial charge is 0.316 e. The Kier molecular flexibility index (Phi) is 3.76. The Morgan fingerprint density at radius 1 is 1.23 bits per heavy atom. The first-order valence-electron chi connectivity index (χ1n) is 4.63. The Morgan fingerprint density at radius 3 is 2.31 bits per heavy atom. The van der Waals surface area contributed by atoms with E-state index in [2.05, 4.69) is 42.6 Å². The van der Waals surface area contributed by atoms with Gasteiger partial charge < -0.3 is 5.32 Å². The van der Waals surface area contributed by atoms with Gasteiger partial charge in [-0.2, -0.15) is 0 Å². The Labute approximate surface area is 86.0 Å². The van der Waals surface area contributed by atoms with Crippen LogP contribution in [0.4, 0.5) is 0 Å². The van der Waals surface area contributed by atoms with E-state index in [1.54, 1.807) is 0 Å². The Hall–Kier alpha value is -0.530. The van der Waals surface area contributed by atoms with Crippen LogP contribution in [0.15, 0.2) is 30.3 Å². The van der Waals surface area contributed by atoms with Gasteiger partial charge in [0.1, 0.15) is 0 Å². The van der Waals surface area contributed by atoms with Crippen LogP contribution < -0.4 is 5.32 Å². The van der Waals surface area contributed by atoms with E-state index in [0.717, 1.165) is 5.92 Å². The van der Waals surface area contributed by atoms with Gasteiger partial charge in [0.2, 0.25) is 0 Å². The van der Waals surface area contributed by atoms with E-state index in [9.17, 15) is 0 Å². The lowest BCUT2D eigenvalue weighted by molar-refractivity contribution is 0.303. The minimum atomic E-state index is 0. The molecule has 1 aromatic rings. The average molecular weight is 198 g/mol. The molecule has 1 aliphatic rings. The molecule has 1 saturated heterocycles. The number of benzene rings is 1. The minimum Gasteiger partial charge on any atom is -0.316 e. The summed E-state index contributed by atoms with van der Waals surface area (Å²) in [6.07, 6.45) is 0. The highest BCUT2D eigenvalue weighted by molar-refractivity contribution is 5.85. The van der Waals surface area contributed by atoms with Gasteiger partial charge in [-0.15, -0.1) is 12.4 Å². The molecule has 1 nitrogen and oxygen atoms in total. The van der Waals surface area contributed by atoms with Crippen molar-refractivity contribution < 1.29 is 0 Å². The van der Waals surface area contributed by atoms with Crippen LogP contribution in [0, 0.1) is 5.92 Å². The molecule has 0 aliphatic carbocycles. The minimum absolute atomic E-state index is 0. The molecule has 0 bridgehead atoms. The maximum absolute atomic E-state index is 3.31. The fourth-order valence-corrected chi connectivity index (χ4v) is 1.69. The highest BCUT2D eigenvalue weighted by atomic mass is 35.5. The topological polar surface area (TPSA) is 12.0 Å². The van der Waals surface area contributed by atoms with Crippen molar-refractivity contribution >= 4 is 12.4 Å². The smallest absolute Gasteiger partial charge is 0.000248 e. The van der Waals surface area contributed by atoms with Gasteiger partial charge in [0.15, 0.2) is 0 Å². The Balaban J connectivity index is 0.000000845. The molecule has 0 saturated carbocycles. The number of hydrogen-bond acceptors (Lipinski definition) is 1. The zero-order valence-corrected chi connectivity index (χ0v) is 8.68. The van der Waals surface area contributed by atoms with Gasteiger partial charge in [-0.1, -0.05) is 37.3 Å². The molecule has 13 heavy (non-hydrogen) atoms. The van der Waals surface area contributed by atoms with E-state index in [1.165, 1.54) is 18.7 Å². The number of hydrogen-bond donors (Lipinski definition) is 1. The molecule has 1 aromatic carbocycles. The van der Waals surface area contributed by atoms with Crippen LogP contribution in [0.5, 0.6) is 0 Å². The van der Waals surface area contributed by atoms with E-state index in [-0.39, 0.29) is 12.4 Å². The third-order valence-corrected chi connectivity index (χ3v) is 2.85. The van der Waals surface area contributed by atoms with Gasteiger partial charge in [0.05, 0.1) is 0 Å². The number of nitrogens with one attached hydrogen (secondary N) is 1. The first-order chi connectivity index (χ1) is 5.88. The maximum atomic E-state index is 3.31. The highest BCUT2D eigenvalue weighted by Crippen LogP contribution is 2.26. The van der Waals surface area contributed by atoms with Crippen molar-refractivity contribution in [2.24, 2.45) is 5.92 Å². The van der Waals surface area contributed by atoms with Gasteiger partial charge >= 0.3 is 0 Å². The quantitative estimate of drug-likeness (QED) is 0.768. The van der Waals surface area contributed by atoms with E-state index in [4.69, 9.17) is 0 Å². The van der Waals surface area contributed by atoms with Crippen molar-refractivity contribution in [1.29, 1.82) is 0 Å². The first kappa shape index (κ1) is 10.6. The lowest BCUT2D eigenvalue weighted by atomic mass is 9.84. The zero-order valence-electron chi connectivity index (χ0n) is 7.86. The molecule has 0 radical (unpaired) electrons. The van der Waals surface area contributed by atoms with Gasteiger partial charge in [0.25, 0.3) is 0 Å². The molecule has 1 N–H and O–H groups in total. The fraction of sp³-hybridized carbons (Fsp3) is 0.455. The summed E-state index contributed by atoms with van der Waals surface area (Å²) in [5, 5.41) is 3.31. The predicted octanol–water partition coefficient (Wildman–Crippen LogP) is 2.43. The Bertz CT molecular complexity index is 244. The molecule has 1 unspecified atom stereocenters. The van der Waals surface area contributed by atoms with Crippen LogP contribution in [0.25, 0.3) is 0 Å². The number of halogens is 1. The normalized spacial score (nSPS) is 18.5. The molecule has 1 fully saturated rings. The summed E-state index contributed by atoms with van der Waals surface area (Å²) in [6, 6.07) is 10.8. The van der Waals surface area contributed by atoms with Crippen LogP contribution in [-0.4, -0.2) is 13.1 Å². The third kappa shape index (κ3) is 2.23. The van der Waals surface area contributed by atoms with E-state index >= 15 is 0 Å². The van der Waals surface area contributed by atoms with Gasteiger partial charge in [0, 0.05) is 0 Å². The molecule has 1 heterocycles. The molecular formula is C11H16ClN. The summed E-state index contributed by atoms with van der Waals surface area (Å²) < 4.78 is 0. The molecular weight excluding hydrogens is 182 g/mol. The summed E-state index contributed by atoms with van der Waals surface area (Å²) >= 11 is 0.